The molecule has 1 N–H and O–H groups in total. The summed E-state index contributed by atoms with van der Waals surface area (Å²) in [5.74, 6) is -1.00. The molecule has 0 bridgehead atoms. The number of carbonyl (C=O) groups is 2. The molecule has 0 amide bonds. The number of aromatic nitrogens is 1. The van der Waals surface area contributed by atoms with E-state index in [2.05, 4.69) is 20.9 Å². The van der Waals surface area contributed by atoms with Crippen LogP contribution in [0, 0.1) is 0 Å². The Labute approximate surface area is 123 Å². The summed E-state index contributed by atoms with van der Waals surface area (Å²) in [7, 11) is 0. The minimum absolute atomic E-state index is 0.384. The molecular weight excluding hydrogens is 318 g/mol. The lowest BCUT2D eigenvalue weighted by Crippen LogP contribution is -2.14. The number of H-pyrrole nitrogens is 1. The molecule has 3 nitrogen and oxygen atoms in total. The highest BCUT2D eigenvalue weighted by molar-refractivity contribution is 9.10. The lowest BCUT2D eigenvalue weighted by atomic mass is 10.0. The second-order valence-corrected chi connectivity index (χ2v) is 5.33. The van der Waals surface area contributed by atoms with Crippen molar-refractivity contribution in [3.8, 4) is 0 Å². The molecule has 0 saturated heterocycles. The van der Waals surface area contributed by atoms with Gasteiger partial charge >= 0.3 is 0 Å². The van der Waals surface area contributed by atoms with Crippen molar-refractivity contribution < 1.29 is 9.59 Å². The van der Waals surface area contributed by atoms with E-state index in [1.807, 2.05) is 30.3 Å². The van der Waals surface area contributed by atoms with Gasteiger partial charge in [-0.05, 0) is 18.2 Å². The largest absolute Gasteiger partial charge is 0.360 e. The Morgan fingerprint density at radius 2 is 1.75 bits per heavy atom. The summed E-state index contributed by atoms with van der Waals surface area (Å²) in [6.45, 7) is 0. The quantitative estimate of drug-likeness (QED) is 0.584. The monoisotopic (exact) mass is 327 g/mol. The van der Waals surface area contributed by atoms with Crippen molar-refractivity contribution in [2.24, 2.45) is 0 Å². The van der Waals surface area contributed by atoms with Gasteiger partial charge in [0.05, 0.1) is 5.56 Å². The van der Waals surface area contributed by atoms with Crippen molar-refractivity contribution in [3.63, 3.8) is 0 Å². The van der Waals surface area contributed by atoms with Crippen LogP contribution in [0.2, 0.25) is 0 Å². The van der Waals surface area contributed by atoms with Crippen molar-refractivity contribution in [3.05, 3.63) is 70.3 Å². The molecule has 0 fully saturated rings. The molecule has 0 aliphatic carbocycles. The second-order valence-electron chi connectivity index (χ2n) is 4.42. The number of halogens is 1. The second kappa shape index (κ2) is 5.06. The van der Waals surface area contributed by atoms with Crippen molar-refractivity contribution >= 4 is 38.4 Å². The Hall–Kier alpha value is -2.20. The molecule has 0 aliphatic rings. The highest BCUT2D eigenvalue weighted by atomic mass is 79.9. The smallest absolute Gasteiger partial charge is 0.235 e. The van der Waals surface area contributed by atoms with E-state index in [-0.39, 0.29) is 0 Å². The average molecular weight is 328 g/mol. The number of fused-ring (bicyclic) bond motifs is 1. The van der Waals surface area contributed by atoms with Crippen molar-refractivity contribution in [1.82, 2.24) is 4.98 Å². The van der Waals surface area contributed by atoms with Crippen LogP contribution in [0.5, 0.6) is 0 Å². The van der Waals surface area contributed by atoms with Crippen LogP contribution in [0.1, 0.15) is 20.7 Å². The van der Waals surface area contributed by atoms with Crippen LogP contribution in [0.25, 0.3) is 10.9 Å². The first kappa shape index (κ1) is 12.8. The third-order valence-corrected chi connectivity index (χ3v) is 3.62. The molecule has 3 rings (SSSR count). The molecule has 1 aromatic heterocycles. The summed E-state index contributed by atoms with van der Waals surface area (Å²) < 4.78 is 0.773. The molecule has 1 heterocycles. The van der Waals surface area contributed by atoms with Gasteiger partial charge in [0.25, 0.3) is 0 Å². The van der Waals surface area contributed by atoms with Gasteiger partial charge in [0.1, 0.15) is 0 Å². The highest BCUT2D eigenvalue weighted by Crippen LogP contribution is 2.20. The van der Waals surface area contributed by atoms with Crippen LogP contribution in [0.3, 0.4) is 0 Å². The number of Topliss-reactive ketones (excluding diaryl/α,β-unsaturated/α-hetero) is 2. The van der Waals surface area contributed by atoms with E-state index in [1.54, 1.807) is 24.4 Å². The van der Waals surface area contributed by atoms with E-state index in [4.69, 9.17) is 0 Å². The van der Waals surface area contributed by atoms with E-state index in [0.29, 0.717) is 11.1 Å². The number of hydrogen-bond donors (Lipinski definition) is 1. The number of aromatic amines is 1. The minimum atomic E-state index is -0.504. The van der Waals surface area contributed by atoms with E-state index in [1.165, 1.54) is 0 Å². The lowest BCUT2D eigenvalue weighted by Gasteiger charge is -2.00. The fraction of sp³-hybridized carbons (Fsp3) is 0. The normalized spacial score (nSPS) is 10.7. The third kappa shape index (κ3) is 2.18. The number of para-hydroxylation sites is 1. The molecule has 0 atom stereocenters. The summed E-state index contributed by atoms with van der Waals surface area (Å²) in [4.78, 5) is 27.6. The summed E-state index contributed by atoms with van der Waals surface area (Å²) in [5.41, 5.74) is 1.64. The van der Waals surface area contributed by atoms with Gasteiger partial charge in [0.2, 0.25) is 11.6 Å². The first-order valence-electron chi connectivity index (χ1n) is 6.07. The molecule has 0 spiro atoms. The minimum Gasteiger partial charge on any atom is -0.360 e. The van der Waals surface area contributed by atoms with Crippen molar-refractivity contribution in [2.75, 3.05) is 0 Å². The van der Waals surface area contributed by atoms with Gasteiger partial charge in [-0.1, -0.05) is 46.3 Å². The lowest BCUT2D eigenvalue weighted by molar-refractivity contribution is 0.0818. The maximum Gasteiger partial charge on any atom is 0.235 e. The number of ketones is 2. The van der Waals surface area contributed by atoms with Gasteiger partial charge in [-0.2, -0.15) is 0 Å². The molecule has 0 saturated carbocycles. The highest BCUT2D eigenvalue weighted by Gasteiger charge is 2.21. The maximum absolute atomic E-state index is 12.3. The molecule has 20 heavy (non-hydrogen) atoms. The van der Waals surface area contributed by atoms with Crippen molar-refractivity contribution in [2.45, 2.75) is 0 Å². The molecule has 0 aliphatic heterocycles. The molecule has 98 valence electrons. The van der Waals surface area contributed by atoms with Gasteiger partial charge in [-0.3, -0.25) is 9.59 Å². The molecule has 4 heteroatoms. The summed E-state index contributed by atoms with van der Waals surface area (Å²) in [6.07, 6.45) is 1.59. The van der Waals surface area contributed by atoms with E-state index in [9.17, 15) is 9.59 Å². The number of nitrogens with one attached hydrogen (secondary N) is 1. The van der Waals surface area contributed by atoms with Crippen molar-refractivity contribution in [1.29, 1.82) is 0 Å². The van der Waals surface area contributed by atoms with Gasteiger partial charge in [0.15, 0.2) is 0 Å². The Balaban J connectivity index is 2.02. The third-order valence-electron chi connectivity index (χ3n) is 3.13. The first-order chi connectivity index (χ1) is 9.66. The summed E-state index contributed by atoms with van der Waals surface area (Å²) >= 11 is 3.30. The predicted octanol–water partition coefficient (Wildman–Crippen LogP) is 4.00. The predicted molar refractivity (Wildman–Crippen MR) is 81.1 cm³/mol. The number of carbonyl (C=O) groups excluding carboxylic acids is 2. The standard InChI is InChI=1S/C16H10BrNO2/c17-11-5-3-4-10(8-11)15(19)16(20)13-9-18-14-7-2-1-6-12(13)14/h1-9,18H. The van der Waals surface area contributed by atoms with Gasteiger partial charge in [0, 0.05) is 27.1 Å². The summed E-state index contributed by atoms with van der Waals surface area (Å²) in [5, 5.41) is 0.765. The Kier molecular flexibility index (Phi) is 3.24. The molecule has 3 aromatic rings. The SMILES string of the molecule is O=C(C(=O)c1c[nH]c2ccccc12)c1cccc(Br)c1. The van der Waals surface area contributed by atoms with Crippen LogP contribution in [0.4, 0.5) is 0 Å². The van der Waals surface area contributed by atoms with Gasteiger partial charge in [-0.15, -0.1) is 0 Å². The van der Waals surface area contributed by atoms with E-state index in [0.717, 1.165) is 15.4 Å². The molecular formula is C16H10BrNO2. The Bertz CT molecular complexity index is 820. The molecule has 0 unspecified atom stereocenters. The Morgan fingerprint density at radius 1 is 0.950 bits per heavy atom. The maximum atomic E-state index is 12.3. The summed E-state index contributed by atoms with van der Waals surface area (Å²) in [6, 6.07) is 14.3. The fourth-order valence-electron chi connectivity index (χ4n) is 2.14. The average Bonchev–Trinajstić information content (AvgIpc) is 2.89. The number of rotatable bonds is 3. The Morgan fingerprint density at radius 3 is 2.55 bits per heavy atom. The van der Waals surface area contributed by atoms with E-state index < -0.39 is 11.6 Å². The van der Waals surface area contributed by atoms with Gasteiger partial charge in [-0.25, -0.2) is 0 Å². The zero-order chi connectivity index (χ0) is 14.1. The van der Waals surface area contributed by atoms with Crippen LogP contribution in [-0.2, 0) is 0 Å². The van der Waals surface area contributed by atoms with Crippen LogP contribution >= 0.6 is 15.9 Å². The van der Waals surface area contributed by atoms with Crippen LogP contribution < -0.4 is 0 Å². The van der Waals surface area contributed by atoms with E-state index >= 15 is 0 Å². The number of benzene rings is 2. The number of hydrogen-bond acceptors (Lipinski definition) is 2. The van der Waals surface area contributed by atoms with Gasteiger partial charge < -0.3 is 4.98 Å². The molecule has 0 radical (unpaired) electrons. The first-order valence-corrected chi connectivity index (χ1v) is 6.87. The fourth-order valence-corrected chi connectivity index (χ4v) is 2.54. The zero-order valence-electron chi connectivity index (χ0n) is 10.4. The topological polar surface area (TPSA) is 49.9 Å². The zero-order valence-corrected chi connectivity index (χ0v) is 12.0. The van der Waals surface area contributed by atoms with Crippen LogP contribution in [0.15, 0.2) is 59.2 Å². The molecule has 2 aromatic carbocycles. The van der Waals surface area contributed by atoms with Crippen LogP contribution in [-0.4, -0.2) is 16.6 Å².